The Balaban J connectivity index is 2.48. The topological polar surface area (TPSA) is 81.6 Å². The molecule has 1 aromatic carbocycles. The maximum Gasteiger partial charge on any atom is 0.319 e. The molecule has 0 bridgehead atoms. The second-order valence-electron chi connectivity index (χ2n) is 3.20. The minimum Gasteiger partial charge on any atom is -0.506 e. The predicted molar refractivity (Wildman–Crippen MR) is 56.8 cm³/mol. The standard InChI is InChI=1S/C10H14N2O3/c1-7(13)6-11-10(15)12-8-4-2-3-5-9(8)14/h2-5,7,13-14H,6H2,1H3,(H2,11,12,15). The number of urea groups is 1. The first-order valence-corrected chi connectivity index (χ1v) is 4.60. The first kappa shape index (κ1) is 11.3. The molecule has 0 aliphatic carbocycles. The van der Waals surface area contributed by atoms with E-state index < -0.39 is 12.1 Å². The number of benzene rings is 1. The summed E-state index contributed by atoms with van der Waals surface area (Å²) in [4.78, 5) is 11.2. The molecule has 0 aliphatic heterocycles. The average Bonchev–Trinajstić information content (AvgIpc) is 2.18. The minimum absolute atomic E-state index is 0.00435. The van der Waals surface area contributed by atoms with Crippen molar-refractivity contribution in [1.82, 2.24) is 5.32 Å². The van der Waals surface area contributed by atoms with Crippen LogP contribution in [0.1, 0.15) is 6.92 Å². The molecule has 1 rings (SSSR count). The van der Waals surface area contributed by atoms with Crippen molar-refractivity contribution in [2.45, 2.75) is 13.0 Å². The predicted octanol–water partition coefficient (Wildman–Crippen LogP) is 0.895. The van der Waals surface area contributed by atoms with E-state index in [1.807, 2.05) is 0 Å². The van der Waals surface area contributed by atoms with Crippen molar-refractivity contribution >= 4 is 11.7 Å². The lowest BCUT2D eigenvalue weighted by Crippen LogP contribution is -2.34. The van der Waals surface area contributed by atoms with Crippen LogP contribution in [-0.4, -0.2) is 28.9 Å². The quantitative estimate of drug-likeness (QED) is 0.559. The number of para-hydroxylation sites is 2. The van der Waals surface area contributed by atoms with Crippen molar-refractivity contribution in [2.24, 2.45) is 0 Å². The Morgan fingerprint density at radius 3 is 2.73 bits per heavy atom. The molecule has 0 saturated heterocycles. The number of phenols is 1. The van der Waals surface area contributed by atoms with Gasteiger partial charge < -0.3 is 20.8 Å². The second-order valence-corrected chi connectivity index (χ2v) is 3.20. The molecule has 4 N–H and O–H groups in total. The molecule has 5 nitrogen and oxygen atoms in total. The van der Waals surface area contributed by atoms with Crippen molar-refractivity contribution in [3.8, 4) is 5.75 Å². The smallest absolute Gasteiger partial charge is 0.319 e. The molecule has 82 valence electrons. The number of carbonyl (C=O) groups excluding carboxylic acids is 1. The van der Waals surface area contributed by atoms with Crippen LogP contribution in [0.4, 0.5) is 10.5 Å². The van der Waals surface area contributed by atoms with E-state index in [1.165, 1.54) is 6.07 Å². The van der Waals surface area contributed by atoms with E-state index >= 15 is 0 Å². The molecule has 5 heteroatoms. The summed E-state index contributed by atoms with van der Waals surface area (Å²) in [7, 11) is 0. The first-order chi connectivity index (χ1) is 7.09. The molecule has 2 amide bonds. The van der Waals surface area contributed by atoms with E-state index in [4.69, 9.17) is 5.11 Å². The lowest BCUT2D eigenvalue weighted by molar-refractivity contribution is 0.190. The number of aliphatic hydroxyl groups is 1. The first-order valence-electron chi connectivity index (χ1n) is 4.60. The molecule has 0 heterocycles. The second kappa shape index (κ2) is 5.21. The highest BCUT2D eigenvalue weighted by Gasteiger charge is 2.05. The molecule has 0 saturated carbocycles. The number of carbonyl (C=O) groups is 1. The van der Waals surface area contributed by atoms with Crippen LogP contribution in [0, 0.1) is 0 Å². The van der Waals surface area contributed by atoms with Gasteiger partial charge in [0, 0.05) is 6.54 Å². The number of nitrogens with one attached hydrogen (secondary N) is 2. The Bertz CT molecular complexity index is 339. The molecule has 15 heavy (non-hydrogen) atoms. The molecule has 1 aromatic rings. The Morgan fingerprint density at radius 2 is 2.13 bits per heavy atom. The van der Waals surface area contributed by atoms with Gasteiger partial charge in [-0.3, -0.25) is 0 Å². The highest BCUT2D eigenvalue weighted by Crippen LogP contribution is 2.20. The zero-order valence-electron chi connectivity index (χ0n) is 8.40. The number of hydrogen-bond donors (Lipinski definition) is 4. The van der Waals surface area contributed by atoms with Crippen LogP contribution in [0.25, 0.3) is 0 Å². The van der Waals surface area contributed by atoms with Crippen molar-refractivity contribution in [3.05, 3.63) is 24.3 Å². The summed E-state index contributed by atoms with van der Waals surface area (Å²) in [5.41, 5.74) is 0.334. The van der Waals surface area contributed by atoms with Crippen LogP contribution < -0.4 is 10.6 Å². The van der Waals surface area contributed by atoms with E-state index in [0.29, 0.717) is 5.69 Å². The van der Waals surface area contributed by atoms with Gasteiger partial charge in [-0.15, -0.1) is 0 Å². The molecule has 0 radical (unpaired) electrons. The van der Waals surface area contributed by atoms with Gasteiger partial charge in [-0.2, -0.15) is 0 Å². The summed E-state index contributed by atoms with van der Waals surface area (Å²) in [5, 5.41) is 23.2. The summed E-state index contributed by atoms with van der Waals surface area (Å²) in [5.74, 6) is 0.00435. The van der Waals surface area contributed by atoms with E-state index in [1.54, 1.807) is 25.1 Å². The normalized spacial score (nSPS) is 11.9. The van der Waals surface area contributed by atoms with Crippen molar-refractivity contribution < 1.29 is 15.0 Å². The average molecular weight is 210 g/mol. The molecular weight excluding hydrogens is 196 g/mol. The zero-order valence-corrected chi connectivity index (χ0v) is 8.40. The molecule has 0 aromatic heterocycles. The van der Waals surface area contributed by atoms with Crippen LogP contribution in [0.3, 0.4) is 0 Å². The number of anilines is 1. The van der Waals surface area contributed by atoms with Gasteiger partial charge in [0.1, 0.15) is 5.75 Å². The van der Waals surface area contributed by atoms with Crippen molar-refractivity contribution in [2.75, 3.05) is 11.9 Å². The number of aromatic hydroxyl groups is 1. The zero-order chi connectivity index (χ0) is 11.3. The molecule has 1 unspecified atom stereocenters. The maximum atomic E-state index is 11.2. The third-order valence-electron chi connectivity index (χ3n) is 1.71. The SMILES string of the molecule is CC(O)CNC(=O)Nc1ccccc1O. The van der Waals surface area contributed by atoms with Gasteiger partial charge in [-0.05, 0) is 19.1 Å². The van der Waals surface area contributed by atoms with Crippen LogP contribution in [-0.2, 0) is 0 Å². The van der Waals surface area contributed by atoms with Gasteiger partial charge in [0.15, 0.2) is 0 Å². The summed E-state index contributed by atoms with van der Waals surface area (Å²) >= 11 is 0. The molecular formula is C10H14N2O3. The highest BCUT2D eigenvalue weighted by molar-refractivity contribution is 5.90. The largest absolute Gasteiger partial charge is 0.506 e. The third kappa shape index (κ3) is 3.86. The minimum atomic E-state index is -0.597. The third-order valence-corrected chi connectivity index (χ3v) is 1.71. The summed E-state index contributed by atoms with van der Waals surface area (Å²) in [6.45, 7) is 1.74. The molecule has 0 fully saturated rings. The summed E-state index contributed by atoms with van der Waals surface area (Å²) in [6.07, 6.45) is -0.597. The fraction of sp³-hybridized carbons (Fsp3) is 0.300. The lowest BCUT2D eigenvalue weighted by atomic mass is 10.3. The molecule has 0 spiro atoms. The van der Waals surface area contributed by atoms with Crippen LogP contribution in [0.2, 0.25) is 0 Å². The van der Waals surface area contributed by atoms with Gasteiger partial charge in [-0.1, -0.05) is 12.1 Å². The van der Waals surface area contributed by atoms with Crippen LogP contribution in [0.15, 0.2) is 24.3 Å². The van der Waals surface area contributed by atoms with Gasteiger partial charge in [-0.25, -0.2) is 4.79 Å². The Labute approximate surface area is 87.7 Å². The highest BCUT2D eigenvalue weighted by atomic mass is 16.3. The van der Waals surface area contributed by atoms with E-state index in [-0.39, 0.29) is 12.3 Å². The van der Waals surface area contributed by atoms with Gasteiger partial charge >= 0.3 is 6.03 Å². The maximum absolute atomic E-state index is 11.2. The van der Waals surface area contributed by atoms with Crippen molar-refractivity contribution in [3.63, 3.8) is 0 Å². The Morgan fingerprint density at radius 1 is 1.47 bits per heavy atom. The monoisotopic (exact) mass is 210 g/mol. The summed E-state index contributed by atoms with van der Waals surface area (Å²) < 4.78 is 0. The fourth-order valence-corrected chi connectivity index (χ4v) is 0.986. The van der Waals surface area contributed by atoms with Crippen LogP contribution >= 0.6 is 0 Å². The van der Waals surface area contributed by atoms with Gasteiger partial charge in [0.05, 0.1) is 11.8 Å². The summed E-state index contributed by atoms with van der Waals surface area (Å²) in [6, 6.07) is 5.96. The van der Waals surface area contributed by atoms with Gasteiger partial charge in [0.25, 0.3) is 0 Å². The number of amides is 2. The molecule has 0 aliphatic rings. The number of aliphatic hydroxyl groups excluding tert-OH is 1. The number of hydrogen-bond acceptors (Lipinski definition) is 3. The van der Waals surface area contributed by atoms with E-state index in [2.05, 4.69) is 10.6 Å². The Kier molecular flexibility index (Phi) is 3.93. The fourth-order valence-electron chi connectivity index (χ4n) is 0.986. The molecule has 1 atom stereocenters. The lowest BCUT2D eigenvalue weighted by Gasteiger charge is -2.09. The Hall–Kier alpha value is -1.75. The van der Waals surface area contributed by atoms with Gasteiger partial charge in [0.2, 0.25) is 0 Å². The van der Waals surface area contributed by atoms with E-state index in [0.717, 1.165) is 0 Å². The van der Waals surface area contributed by atoms with E-state index in [9.17, 15) is 9.90 Å². The van der Waals surface area contributed by atoms with Crippen LogP contribution in [0.5, 0.6) is 5.75 Å². The number of phenolic OH excluding ortho intramolecular Hbond substituents is 1. The number of rotatable bonds is 3. The van der Waals surface area contributed by atoms with Crippen molar-refractivity contribution in [1.29, 1.82) is 0 Å².